The highest BCUT2D eigenvalue weighted by Crippen LogP contribution is 2.25. The van der Waals surface area contributed by atoms with Crippen LogP contribution in [0, 0.1) is 6.92 Å². The first-order chi connectivity index (χ1) is 7.24. The minimum atomic E-state index is 0.238. The molecule has 0 unspecified atom stereocenters. The van der Waals surface area contributed by atoms with Crippen molar-refractivity contribution in [2.45, 2.75) is 19.9 Å². The smallest absolute Gasteiger partial charge is 0.143 e. The van der Waals surface area contributed by atoms with Gasteiger partial charge in [0.25, 0.3) is 0 Å². The Labute approximate surface area is 88.3 Å². The van der Waals surface area contributed by atoms with E-state index in [4.69, 9.17) is 5.73 Å². The Balaban J connectivity index is 2.49. The zero-order valence-corrected chi connectivity index (χ0v) is 8.77. The highest BCUT2D eigenvalue weighted by molar-refractivity contribution is 5.86. The molecular weight excluding hydrogens is 190 g/mol. The Kier molecular flexibility index (Phi) is 2.60. The molecule has 1 aromatic carbocycles. The average Bonchev–Trinajstić information content (AvgIpc) is 2.55. The van der Waals surface area contributed by atoms with E-state index >= 15 is 0 Å². The van der Waals surface area contributed by atoms with E-state index in [1.165, 1.54) is 0 Å². The maximum Gasteiger partial charge on any atom is 0.143 e. The summed E-state index contributed by atoms with van der Waals surface area (Å²) >= 11 is 0. The van der Waals surface area contributed by atoms with Crippen LogP contribution in [0.5, 0.6) is 5.75 Å². The number of rotatable bonds is 3. The van der Waals surface area contributed by atoms with E-state index in [1.807, 2.05) is 23.7 Å². The molecule has 15 heavy (non-hydrogen) atoms. The second-order valence-corrected chi connectivity index (χ2v) is 3.62. The Morgan fingerprint density at radius 3 is 2.93 bits per heavy atom. The van der Waals surface area contributed by atoms with Crippen LogP contribution in [-0.4, -0.2) is 21.4 Å². The van der Waals surface area contributed by atoms with Crippen molar-refractivity contribution in [2.24, 2.45) is 5.73 Å². The minimum Gasteiger partial charge on any atom is -0.506 e. The van der Waals surface area contributed by atoms with Gasteiger partial charge >= 0.3 is 0 Å². The number of hydrogen-bond acceptors (Lipinski definition) is 3. The van der Waals surface area contributed by atoms with Crippen LogP contribution in [0.4, 0.5) is 0 Å². The molecule has 4 nitrogen and oxygen atoms in total. The summed E-state index contributed by atoms with van der Waals surface area (Å²) in [5, 5.41) is 15.0. The third-order valence-electron chi connectivity index (χ3n) is 2.59. The summed E-state index contributed by atoms with van der Waals surface area (Å²) < 4.78 is 1.90. The molecule has 0 fully saturated rings. The topological polar surface area (TPSA) is 64.1 Å². The van der Waals surface area contributed by atoms with Gasteiger partial charge in [-0.1, -0.05) is 12.1 Å². The van der Waals surface area contributed by atoms with Crippen LogP contribution in [-0.2, 0) is 6.54 Å². The third kappa shape index (κ3) is 1.68. The lowest BCUT2D eigenvalue weighted by molar-refractivity contribution is 0.478. The molecule has 0 amide bonds. The largest absolute Gasteiger partial charge is 0.506 e. The minimum absolute atomic E-state index is 0.238. The van der Waals surface area contributed by atoms with Crippen molar-refractivity contribution in [2.75, 3.05) is 6.54 Å². The summed E-state index contributed by atoms with van der Waals surface area (Å²) in [5.41, 5.74) is 7.21. The van der Waals surface area contributed by atoms with Gasteiger partial charge in [0.1, 0.15) is 11.3 Å². The number of hydrogen-bond donors (Lipinski definition) is 2. The Morgan fingerprint density at radius 2 is 2.27 bits per heavy atom. The molecule has 0 aliphatic heterocycles. The SMILES string of the molecule is Cc1c2cccc(O)c2nn1CCCN. The van der Waals surface area contributed by atoms with Crippen LogP contribution in [0.2, 0.25) is 0 Å². The average molecular weight is 205 g/mol. The monoisotopic (exact) mass is 205 g/mol. The summed E-state index contributed by atoms with van der Waals surface area (Å²) in [6.45, 7) is 3.46. The summed E-state index contributed by atoms with van der Waals surface area (Å²) in [6, 6.07) is 5.46. The molecular formula is C11H15N3O. The van der Waals surface area contributed by atoms with Crippen molar-refractivity contribution >= 4 is 10.9 Å². The first kappa shape index (κ1) is 9.98. The van der Waals surface area contributed by atoms with E-state index in [1.54, 1.807) is 6.07 Å². The number of aromatic nitrogens is 2. The third-order valence-corrected chi connectivity index (χ3v) is 2.59. The molecule has 0 saturated heterocycles. The predicted octanol–water partition coefficient (Wildman–Crippen LogP) is 1.40. The lowest BCUT2D eigenvalue weighted by atomic mass is 10.2. The number of phenolic OH excluding ortho intramolecular Hbond substituents is 1. The van der Waals surface area contributed by atoms with Gasteiger partial charge in [-0.2, -0.15) is 5.10 Å². The molecule has 2 rings (SSSR count). The van der Waals surface area contributed by atoms with E-state index in [0.29, 0.717) is 12.1 Å². The molecule has 0 saturated carbocycles. The Morgan fingerprint density at radius 1 is 1.47 bits per heavy atom. The normalized spacial score (nSPS) is 11.1. The van der Waals surface area contributed by atoms with Crippen molar-refractivity contribution in [3.63, 3.8) is 0 Å². The van der Waals surface area contributed by atoms with Gasteiger partial charge in [-0.25, -0.2) is 0 Å². The number of phenols is 1. The lowest BCUT2D eigenvalue weighted by Gasteiger charge is -2.01. The molecule has 0 aliphatic rings. The molecule has 0 aliphatic carbocycles. The first-order valence-corrected chi connectivity index (χ1v) is 5.09. The van der Waals surface area contributed by atoms with E-state index in [-0.39, 0.29) is 5.75 Å². The number of nitrogens with two attached hydrogens (primary N) is 1. The van der Waals surface area contributed by atoms with Gasteiger partial charge in [0, 0.05) is 17.6 Å². The van der Waals surface area contributed by atoms with Gasteiger partial charge < -0.3 is 10.8 Å². The second kappa shape index (κ2) is 3.90. The molecule has 2 aromatic rings. The maximum atomic E-state index is 9.63. The summed E-state index contributed by atoms with van der Waals surface area (Å²) in [7, 11) is 0. The number of nitrogens with zero attached hydrogens (tertiary/aromatic N) is 2. The van der Waals surface area contributed by atoms with Crippen molar-refractivity contribution < 1.29 is 5.11 Å². The number of aromatic hydroxyl groups is 1. The quantitative estimate of drug-likeness (QED) is 0.796. The van der Waals surface area contributed by atoms with Crippen molar-refractivity contribution in [3.05, 3.63) is 23.9 Å². The Bertz CT molecular complexity index is 476. The van der Waals surface area contributed by atoms with Crippen LogP contribution in [0.15, 0.2) is 18.2 Å². The van der Waals surface area contributed by atoms with Gasteiger partial charge in [-0.3, -0.25) is 4.68 Å². The van der Waals surface area contributed by atoms with Crippen molar-refractivity contribution in [1.82, 2.24) is 9.78 Å². The molecule has 1 aromatic heterocycles. The zero-order valence-electron chi connectivity index (χ0n) is 8.77. The fourth-order valence-electron chi connectivity index (χ4n) is 1.72. The fraction of sp³-hybridized carbons (Fsp3) is 0.364. The summed E-state index contributed by atoms with van der Waals surface area (Å²) in [4.78, 5) is 0. The molecule has 1 heterocycles. The number of aryl methyl sites for hydroxylation is 2. The van der Waals surface area contributed by atoms with Crippen molar-refractivity contribution in [1.29, 1.82) is 0 Å². The summed E-state index contributed by atoms with van der Waals surface area (Å²) in [5.74, 6) is 0.238. The maximum absolute atomic E-state index is 9.63. The molecule has 0 spiro atoms. The molecule has 4 heteroatoms. The lowest BCUT2D eigenvalue weighted by Crippen LogP contribution is -2.07. The van der Waals surface area contributed by atoms with Gasteiger partial charge in [-0.05, 0) is 26.0 Å². The Hall–Kier alpha value is -1.55. The van der Waals surface area contributed by atoms with E-state index < -0.39 is 0 Å². The van der Waals surface area contributed by atoms with Gasteiger partial charge in [0.05, 0.1) is 0 Å². The van der Waals surface area contributed by atoms with Gasteiger partial charge in [-0.15, -0.1) is 0 Å². The zero-order chi connectivity index (χ0) is 10.8. The second-order valence-electron chi connectivity index (χ2n) is 3.62. The fourth-order valence-corrected chi connectivity index (χ4v) is 1.72. The molecule has 0 radical (unpaired) electrons. The summed E-state index contributed by atoms with van der Waals surface area (Å²) in [6.07, 6.45) is 0.898. The van der Waals surface area contributed by atoms with E-state index in [0.717, 1.165) is 24.0 Å². The molecule has 80 valence electrons. The van der Waals surface area contributed by atoms with Crippen LogP contribution in [0.25, 0.3) is 10.9 Å². The van der Waals surface area contributed by atoms with Crippen molar-refractivity contribution in [3.8, 4) is 5.75 Å². The molecule has 0 atom stereocenters. The van der Waals surface area contributed by atoms with Gasteiger partial charge in [0.15, 0.2) is 0 Å². The first-order valence-electron chi connectivity index (χ1n) is 5.09. The molecule has 0 bridgehead atoms. The van der Waals surface area contributed by atoms with Crippen LogP contribution < -0.4 is 5.73 Å². The van der Waals surface area contributed by atoms with E-state index in [2.05, 4.69) is 5.10 Å². The highest BCUT2D eigenvalue weighted by Gasteiger charge is 2.09. The van der Waals surface area contributed by atoms with Crippen LogP contribution in [0.1, 0.15) is 12.1 Å². The van der Waals surface area contributed by atoms with Gasteiger partial charge in [0.2, 0.25) is 0 Å². The predicted molar refractivity (Wildman–Crippen MR) is 59.8 cm³/mol. The highest BCUT2D eigenvalue weighted by atomic mass is 16.3. The van der Waals surface area contributed by atoms with Crippen LogP contribution >= 0.6 is 0 Å². The number of benzene rings is 1. The standard InChI is InChI=1S/C11H15N3O/c1-8-9-4-2-5-10(15)11(9)13-14(8)7-3-6-12/h2,4-5,15H,3,6-7,12H2,1H3. The van der Waals surface area contributed by atoms with E-state index in [9.17, 15) is 5.11 Å². The molecule has 3 N–H and O–H groups in total. The number of fused-ring (bicyclic) bond motifs is 1. The van der Waals surface area contributed by atoms with Crippen LogP contribution in [0.3, 0.4) is 0 Å².